The van der Waals surface area contributed by atoms with Crippen LogP contribution in [-0.4, -0.2) is 0 Å². The van der Waals surface area contributed by atoms with Gasteiger partial charge in [0.1, 0.15) is 0 Å². The van der Waals surface area contributed by atoms with Crippen LogP contribution in [0.4, 0.5) is 0 Å². The van der Waals surface area contributed by atoms with Crippen molar-refractivity contribution in [3.8, 4) is 0 Å². The van der Waals surface area contributed by atoms with Gasteiger partial charge in [-0.2, -0.15) is 0 Å². The van der Waals surface area contributed by atoms with Crippen LogP contribution >= 0.6 is 46.2 Å². The quantitative estimate of drug-likeness (QED) is 0.153. The first-order chi connectivity index (χ1) is 20.7. The minimum absolute atomic E-state index is 1.08. The molecule has 0 unspecified atom stereocenters. The SMILES string of the molecule is C=C1/C=c2/ccs/c2=C/SC(=C)c2cc3cc(CCCCCCCCCCCCCCC4=CCCC=C4)sc3cc2S1. The molecule has 0 nitrogen and oxygen atoms in total. The summed E-state index contributed by atoms with van der Waals surface area (Å²) in [6.07, 6.45) is 31.1. The molecule has 0 radical (unpaired) electrons. The molecule has 0 saturated carbocycles. The third kappa shape index (κ3) is 9.64. The van der Waals surface area contributed by atoms with Crippen LogP contribution in [0.15, 0.2) is 76.4 Å². The Bertz CT molecular complexity index is 1530. The van der Waals surface area contributed by atoms with Gasteiger partial charge in [-0.05, 0) is 90.3 Å². The van der Waals surface area contributed by atoms with Gasteiger partial charge < -0.3 is 0 Å². The molecule has 0 spiro atoms. The Morgan fingerprint density at radius 3 is 2.19 bits per heavy atom. The molecular weight excluding hydrogens is 585 g/mol. The third-order valence-electron chi connectivity index (χ3n) is 8.27. The van der Waals surface area contributed by atoms with Crippen LogP contribution in [0.1, 0.15) is 107 Å². The maximum Gasteiger partial charge on any atom is 0.0409 e. The lowest BCUT2D eigenvalue weighted by Crippen LogP contribution is -2.17. The lowest BCUT2D eigenvalue weighted by Gasteiger charge is -2.12. The summed E-state index contributed by atoms with van der Waals surface area (Å²) in [6, 6.07) is 9.34. The van der Waals surface area contributed by atoms with E-state index >= 15 is 0 Å². The number of fused-ring (bicyclic) bond motifs is 3. The summed E-state index contributed by atoms with van der Waals surface area (Å²) in [5.41, 5.74) is 2.82. The largest absolute Gasteiger partial charge is 0.143 e. The summed E-state index contributed by atoms with van der Waals surface area (Å²) in [5.74, 6) is 0. The van der Waals surface area contributed by atoms with Gasteiger partial charge >= 0.3 is 0 Å². The maximum absolute atomic E-state index is 4.44. The molecule has 5 rings (SSSR count). The van der Waals surface area contributed by atoms with E-state index in [1.165, 1.54) is 138 Å². The lowest BCUT2D eigenvalue weighted by molar-refractivity contribution is 0.541. The highest BCUT2D eigenvalue weighted by Gasteiger charge is 2.13. The standard InChI is InChI=1S/C38H46S4/c1-29-24-32-22-23-39-38(32)28-40-30(2)35-26-33-25-34(42-36(33)27-37(35)41-29)21-17-12-10-8-6-4-3-5-7-9-11-14-18-31-19-15-13-16-20-31/h15,19-20,22-28H,1-14,16-18,21H2/b32-24-,38-28+. The Morgan fingerprint density at radius 2 is 1.48 bits per heavy atom. The molecule has 2 aromatic heterocycles. The van der Waals surface area contributed by atoms with Crippen molar-refractivity contribution in [3.63, 3.8) is 0 Å². The van der Waals surface area contributed by atoms with Crippen molar-refractivity contribution >= 4 is 72.7 Å². The number of hydrogen-bond donors (Lipinski definition) is 0. The minimum Gasteiger partial charge on any atom is -0.143 e. The molecule has 0 N–H and O–H groups in total. The van der Waals surface area contributed by atoms with E-state index in [9.17, 15) is 0 Å². The van der Waals surface area contributed by atoms with E-state index in [4.69, 9.17) is 0 Å². The Kier molecular flexibility index (Phi) is 12.8. The molecule has 1 aromatic carbocycles. The van der Waals surface area contributed by atoms with Crippen LogP contribution in [0, 0.1) is 0 Å². The molecular formula is C38H46S4. The van der Waals surface area contributed by atoms with Crippen molar-refractivity contribution < 1.29 is 0 Å². The zero-order valence-electron chi connectivity index (χ0n) is 25.1. The highest BCUT2D eigenvalue weighted by Crippen LogP contribution is 2.42. The highest BCUT2D eigenvalue weighted by molar-refractivity contribution is 8.15. The lowest BCUT2D eigenvalue weighted by atomic mass is 10.00. The smallest absolute Gasteiger partial charge is 0.0409 e. The summed E-state index contributed by atoms with van der Waals surface area (Å²) in [5, 5.41) is 7.01. The zero-order chi connectivity index (χ0) is 29.0. The number of thioether (sulfide) groups is 2. The van der Waals surface area contributed by atoms with Crippen molar-refractivity contribution in [3.05, 3.63) is 91.7 Å². The number of aryl methyl sites for hydroxylation is 1. The average molecular weight is 631 g/mol. The molecule has 0 fully saturated rings. The Hall–Kier alpha value is -1.72. The third-order valence-corrected chi connectivity index (χ3v) is 12.3. The molecule has 0 atom stereocenters. The first-order valence-corrected chi connectivity index (χ1v) is 19.4. The van der Waals surface area contributed by atoms with Crippen molar-refractivity contribution in [2.75, 3.05) is 0 Å². The Labute approximate surface area is 270 Å². The molecule has 1 aliphatic heterocycles. The van der Waals surface area contributed by atoms with Crippen LogP contribution in [0.3, 0.4) is 0 Å². The van der Waals surface area contributed by atoms with Gasteiger partial charge in [0.25, 0.3) is 0 Å². The topological polar surface area (TPSA) is 0 Å². The van der Waals surface area contributed by atoms with E-state index in [1.807, 2.05) is 11.3 Å². The van der Waals surface area contributed by atoms with Gasteiger partial charge in [0, 0.05) is 34.4 Å². The predicted octanol–water partition coefficient (Wildman–Crippen LogP) is 12.4. The predicted molar refractivity (Wildman–Crippen MR) is 196 cm³/mol. The number of rotatable bonds is 15. The molecule has 0 saturated heterocycles. The highest BCUT2D eigenvalue weighted by atomic mass is 32.2. The number of benzene rings is 1. The molecule has 0 bridgehead atoms. The Morgan fingerprint density at radius 1 is 0.762 bits per heavy atom. The molecule has 42 heavy (non-hydrogen) atoms. The second kappa shape index (κ2) is 16.9. The van der Waals surface area contributed by atoms with Crippen LogP contribution in [0.25, 0.3) is 26.5 Å². The van der Waals surface area contributed by atoms with Gasteiger partial charge in [-0.15, -0.1) is 22.7 Å². The molecule has 4 heteroatoms. The van der Waals surface area contributed by atoms with Gasteiger partial charge in [-0.3, -0.25) is 0 Å². The van der Waals surface area contributed by atoms with Crippen molar-refractivity contribution in [2.45, 2.75) is 108 Å². The number of allylic oxidation sites excluding steroid dienone is 5. The van der Waals surface area contributed by atoms with Gasteiger partial charge in [-0.1, -0.05) is 125 Å². The monoisotopic (exact) mass is 630 g/mol. The van der Waals surface area contributed by atoms with E-state index < -0.39 is 0 Å². The van der Waals surface area contributed by atoms with E-state index in [0.29, 0.717) is 0 Å². The zero-order valence-corrected chi connectivity index (χ0v) is 28.4. The maximum atomic E-state index is 4.44. The molecule has 1 aliphatic carbocycles. The second-order valence-electron chi connectivity index (χ2n) is 11.7. The summed E-state index contributed by atoms with van der Waals surface area (Å²) >= 11 is 7.27. The number of unbranched alkanes of at least 4 members (excludes halogenated alkanes) is 11. The average Bonchev–Trinajstić information content (AvgIpc) is 3.61. The fourth-order valence-electron chi connectivity index (χ4n) is 5.88. The van der Waals surface area contributed by atoms with Crippen molar-refractivity contribution in [1.82, 2.24) is 0 Å². The van der Waals surface area contributed by atoms with Gasteiger partial charge in [0.2, 0.25) is 0 Å². The summed E-state index contributed by atoms with van der Waals surface area (Å²) < 4.78 is 2.67. The van der Waals surface area contributed by atoms with E-state index in [2.05, 4.69) is 72.5 Å². The fourth-order valence-corrected chi connectivity index (χ4v) is 9.75. The van der Waals surface area contributed by atoms with Crippen molar-refractivity contribution in [1.29, 1.82) is 0 Å². The number of thiophene rings is 2. The molecule has 2 aliphatic rings. The van der Waals surface area contributed by atoms with Crippen molar-refractivity contribution in [2.24, 2.45) is 0 Å². The second-order valence-corrected chi connectivity index (χ2v) is 16.0. The molecule has 0 amide bonds. The van der Waals surface area contributed by atoms with E-state index in [1.54, 1.807) is 40.4 Å². The van der Waals surface area contributed by atoms with Crippen LogP contribution in [0.2, 0.25) is 0 Å². The summed E-state index contributed by atoms with van der Waals surface area (Å²) in [6.45, 7) is 8.79. The van der Waals surface area contributed by atoms with Gasteiger partial charge in [0.15, 0.2) is 0 Å². The van der Waals surface area contributed by atoms with Crippen LogP contribution in [-0.2, 0) is 6.42 Å². The molecule has 3 heterocycles. The first kappa shape index (κ1) is 31.7. The van der Waals surface area contributed by atoms with Crippen LogP contribution < -0.4 is 9.75 Å². The first-order valence-electron chi connectivity index (χ1n) is 16.1. The van der Waals surface area contributed by atoms with Gasteiger partial charge in [-0.25, -0.2) is 0 Å². The Balaban J connectivity index is 0.973. The fraction of sp³-hybridized carbons (Fsp3) is 0.421. The van der Waals surface area contributed by atoms with E-state index in [-0.39, 0.29) is 0 Å². The molecule has 222 valence electrons. The molecule has 3 aromatic rings. The minimum atomic E-state index is 1.08. The van der Waals surface area contributed by atoms with E-state index in [0.717, 1.165) is 9.81 Å². The normalized spacial score (nSPS) is 16.8. The summed E-state index contributed by atoms with van der Waals surface area (Å²) in [4.78, 5) is 4.98. The van der Waals surface area contributed by atoms with Gasteiger partial charge in [0.05, 0.1) is 0 Å². The number of hydrogen-bond acceptors (Lipinski definition) is 4. The van der Waals surface area contributed by atoms with Crippen LogP contribution in [0.5, 0.6) is 0 Å². The summed E-state index contributed by atoms with van der Waals surface area (Å²) in [7, 11) is 0.